The first-order valence-electron chi connectivity index (χ1n) is 7.50. The van der Waals surface area contributed by atoms with Gasteiger partial charge >= 0.3 is 6.61 Å². The average molecular weight is 380 g/mol. The number of fused-ring (bicyclic) bond motifs is 1. The predicted molar refractivity (Wildman–Crippen MR) is 91.9 cm³/mol. The Kier molecular flexibility index (Phi) is 4.77. The number of imidazole rings is 1. The molecule has 1 aromatic carbocycles. The quantitative estimate of drug-likeness (QED) is 0.817. The van der Waals surface area contributed by atoms with Crippen LogP contribution in [-0.4, -0.2) is 33.0 Å². The third-order valence-corrected chi connectivity index (χ3v) is 4.58. The van der Waals surface area contributed by atoms with Gasteiger partial charge < -0.3 is 4.74 Å². The van der Waals surface area contributed by atoms with Crippen LogP contribution in [0.15, 0.2) is 34.4 Å². The highest BCUT2D eigenvalue weighted by molar-refractivity contribution is 8.14. The first kappa shape index (κ1) is 18.1. The molecular formula is C16H14F2N4O3S. The lowest BCUT2D eigenvalue weighted by Crippen LogP contribution is -2.28. The zero-order chi connectivity index (χ0) is 19.0. The number of hydrazone groups is 1. The van der Waals surface area contributed by atoms with Gasteiger partial charge in [0.2, 0.25) is 11.8 Å². The lowest BCUT2D eigenvalue weighted by Gasteiger charge is -2.21. The normalized spacial score (nSPS) is 13.5. The molecule has 0 atom stereocenters. The molecule has 0 N–H and O–H groups in total. The molecule has 0 fully saturated rings. The maximum Gasteiger partial charge on any atom is 0.387 e. The van der Waals surface area contributed by atoms with Crippen molar-refractivity contribution in [1.29, 1.82) is 0 Å². The minimum absolute atomic E-state index is 0.0129. The van der Waals surface area contributed by atoms with E-state index in [1.165, 1.54) is 42.3 Å². The summed E-state index contributed by atoms with van der Waals surface area (Å²) in [5, 5.41) is 6.31. The summed E-state index contributed by atoms with van der Waals surface area (Å²) >= 11 is 1.17. The zero-order valence-corrected chi connectivity index (χ0v) is 14.9. The lowest BCUT2D eigenvalue weighted by molar-refractivity contribution is -0.116. The Morgan fingerprint density at radius 1 is 1.15 bits per heavy atom. The Labute approximate surface area is 151 Å². The molecule has 2 aromatic rings. The second-order valence-electron chi connectivity index (χ2n) is 5.38. The molecule has 0 aliphatic carbocycles. The van der Waals surface area contributed by atoms with Crippen molar-refractivity contribution in [2.24, 2.45) is 5.10 Å². The zero-order valence-electron chi connectivity index (χ0n) is 14.1. The first-order valence-corrected chi connectivity index (χ1v) is 8.32. The topological polar surface area (TPSA) is 76.8 Å². The third kappa shape index (κ3) is 3.32. The van der Waals surface area contributed by atoms with Crippen molar-refractivity contribution in [3.63, 3.8) is 0 Å². The van der Waals surface area contributed by atoms with E-state index in [0.29, 0.717) is 21.5 Å². The molecule has 3 rings (SSSR count). The number of amides is 1. The molecular weight excluding hydrogens is 366 g/mol. The summed E-state index contributed by atoms with van der Waals surface area (Å²) in [6.07, 6.45) is 0. The molecule has 7 nitrogen and oxygen atoms in total. The van der Waals surface area contributed by atoms with Crippen LogP contribution in [-0.2, 0) is 4.79 Å². The third-order valence-electron chi connectivity index (χ3n) is 3.51. The fourth-order valence-corrected chi connectivity index (χ4v) is 3.60. The number of alkyl halides is 2. The Morgan fingerprint density at radius 2 is 1.81 bits per heavy atom. The maximum absolute atomic E-state index is 12.3. The van der Waals surface area contributed by atoms with Gasteiger partial charge in [0.25, 0.3) is 0 Å². The Morgan fingerprint density at radius 3 is 2.35 bits per heavy atom. The van der Waals surface area contributed by atoms with Gasteiger partial charge in [-0.1, -0.05) is 0 Å². The fourth-order valence-electron chi connectivity index (χ4n) is 2.46. The Hall–Kier alpha value is -2.75. The van der Waals surface area contributed by atoms with Crippen LogP contribution in [0.1, 0.15) is 30.0 Å². The van der Waals surface area contributed by atoms with Gasteiger partial charge in [0.15, 0.2) is 5.82 Å². The number of carbonyl (C=O) groups excluding carboxylic acids is 2. The van der Waals surface area contributed by atoms with Crippen molar-refractivity contribution in [2.75, 3.05) is 5.01 Å². The van der Waals surface area contributed by atoms with Gasteiger partial charge in [-0.15, -0.1) is 0 Å². The molecule has 1 aliphatic rings. The summed E-state index contributed by atoms with van der Waals surface area (Å²) in [5.74, 6) is 0.137. The number of anilines is 1. The molecule has 0 radical (unpaired) electrons. The number of thioether (sulfide) groups is 1. The van der Waals surface area contributed by atoms with Crippen LogP contribution in [0.4, 0.5) is 14.6 Å². The van der Waals surface area contributed by atoms with Crippen LogP contribution in [0, 0.1) is 6.92 Å². The number of hydrogen-bond donors (Lipinski definition) is 0. The van der Waals surface area contributed by atoms with Crippen molar-refractivity contribution in [3.05, 3.63) is 35.7 Å². The number of aromatic nitrogens is 2. The second kappa shape index (κ2) is 6.87. The molecule has 0 saturated carbocycles. The number of hydrogen-bond acceptors (Lipinski definition) is 6. The van der Waals surface area contributed by atoms with E-state index in [9.17, 15) is 18.4 Å². The minimum Gasteiger partial charge on any atom is -0.435 e. The lowest BCUT2D eigenvalue weighted by atomic mass is 10.2. The van der Waals surface area contributed by atoms with Gasteiger partial charge in [-0.2, -0.15) is 18.9 Å². The van der Waals surface area contributed by atoms with Crippen molar-refractivity contribution >= 4 is 34.4 Å². The average Bonchev–Trinajstić information content (AvgIpc) is 2.89. The fraction of sp³-hybridized carbons (Fsp3) is 0.250. The molecule has 10 heteroatoms. The van der Waals surface area contributed by atoms with Crippen molar-refractivity contribution in [3.8, 4) is 5.75 Å². The smallest absolute Gasteiger partial charge is 0.387 e. The Bertz CT molecular complexity index is 909. The van der Waals surface area contributed by atoms with Crippen LogP contribution in [0.25, 0.3) is 0 Å². The molecule has 1 aromatic heterocycles. The number of rotatable bonds is 3. The molecule has 0 bridgehead atoms. The van der Waals surface area contributed by atoms with Gasteiger partial charge in [-0.05, 0) is 43.0 Å². The summed E-state index contributed by atoms with van der Waals surface area (Å²) in [7, 11) is 0. The summed E-state index contributed by atoms with van der Waals surface area (Å²) in [5.41, 5.74) is 0.586. The SMILES string of the molecule is CC(=O)N1N=C(c2ccc(OC(F)F)cc2)Sc2c1nc(C)n2C(C)=O. The molecule has 0 unspecified atom stereocenters. The highest BCUT2D eigenvalue weighted by Crippen LogP contribution is 2.38. The minimum atomic E-state index is -2.91. The van der Waals surface area contributed by atoms with E-state index in [1.807, 2.05) is 0 Å². The van der Waals surface area contributed by atoms with E-state index >= 15 is 0 Å². The largest absolute Gasteiger partial charge is 0.435 e. The highest BCUT2D eigenvalue weighted by atomic mass is 32.2. The summed E-state index contributed by atoms with van der Waals surface area (Å²) in [6, 6.07) is 5.86. The van der Waals surface area contributed by atoms with Crippen molar-refractivity contribution < 1.29 is 23.1 Å². The van der Waals surface area contributed by atoms with Crippen molar-refractivity contribution in [2.45, 2.75) is 32.4 Å². The molecule has 136 valence electrons. The van der Waals surface area contributed by atoms with E-state index in [0.717, 1.165) is 5.01 Å². The van der Waals surface area contributed by atoms with E-state index < -0.39 is 6.61 Å². The second-order valence-corrected chi connectivity index (χ2v) is 6.36. The predicted octanol–water partition coefficient (Wildman–Crippen LogP) is 3.27. The van der Waals surface area contributed by atoms with Gasteiger partial charge in [0.1, 0.15) is 21.6 Å². The molecule has 0 spiro atoms. The van der Waals surface area contributed by atoms with E-state index in [2.05, 4.69) is 14.8 Å². The maximum atomic E-state index is 12.3. The molecule has 2 heterocycles. The number of ether oxygens (including phenoxy) is 1. The van der Waals surface area contributed by atoms with Crippen LogP contribution >= 0.6 is 11.8 Å². The molecule has 0 saturated heterocycles. The van der Waals surface area contributed by atoms with Gasteiger partial charge in [-0.3, -0.25) is 14.2 Å². The summed E-state index contributed by atoms with van der Waals surface area (Å²) in [6.45, 7) is 1.48. The first-order chi connectivity index (χ1) is 12.3. The number of benzene rings is 1. The van der Waals surface area contributed by atoms with Crippen LogP contribution < -0.4 is 9.75 Å². The number of aryl methyl sites for hydroxylation is 1. The van der Waals surface area contributed by atoms with Crippen molar-refractivity contribution in [1.82, 2.24) is 9.55 Å². The number of halogens is 2. The summed E-state index contributed by atoms with van der Waals surface area (Å²) in [4.78, 5) is 28.2. The standard InChI is InChI=1S/C16H14F2N4O3S/c1-8-19-13-15(21(8)9(2)23)26-14(20-22(13)10(3)24)11-4-6-12(7-5-11)25-16(17)18/h4-7,16H,1-3H3. The van der Waals surface area contributed by atoms with Gasteiger partial charge in [-0.25, -0.2) is 4.98 Å². The highest BCUT2D eigenvalue weighted by Gasteiger charge is 2.31. The van der Waals surface area contributed by atoms with Gasteiger partial charge in [0.05, 0.1) is 0 Å². The Balaban J connectivity index is 2.01. The van der Waals surface area contributed by atoms with Gasteiger partial charge in [0, 0.05) is 19.4 Å². The van der Waals surface area contributed by atoms with Crippen LogP contribution in [0.2, 0.25) is 0 Å². The molecule has 1 aliphatic heterocycles. The summed E-state index contributed by atoms with van der Waals surface area (Å²) < 4.78 is 30.3. The molecule has 1 amide bonds. The van der Waals surface area contributed by atoms with E-state index in [-0.39, 0.29) is 23.4 Å². The number of nitrogens with zero attached hydrogens (tertiary/aromatic N) is 4. The molecule has 26 heavy (non-hydrogen) atoms. The van der Waals surface area contributed by atoms with Crippen LogP contribution in [0.5, 0.6) is 5.75 Å². The van der Waals surface area contributed by atoms with E-state index in [1.54, 1.807) is 19.1 Å². The van der Waals surface area contributed by atoms with E-state index in [4.69, 9.17) is 0 Å². The number of carbonyl (C=O) groups is 2. The van der Waals surface area contributed by atoms with Crippen LogP contribution in [0.3, 0.4) is 0 Å². The monoisotopic (exact) mass is 380 g/mol.